The molecule has 0 unspecified atom stereocenters. The van der Waals surface area contributed by atoms with Gasteiger partial charge < -0.3 is 48.4 Å². The number of carbonyl (C=O) groups excluding carboxylic acids is 2. The number of anilines is 1. The van der Waals surface area contributed by atoms with Crippen molar-refractivity contribution in [2.24, 2.45) is 28.3 Å². The standard InChI is InChI=1S/C47H67N3O11/c1-11-24-58-47-40(50(8)44(54)57-29-45(2,3)4)28-37(49-61-46(5,6)7)34-25-30(16-12-14-22-51)33(17-13-15-23-52)41(42(34)47)35-26-32(19-21-38(35)60-47)59-43(53)48-36-20-18-31(55-9)27-39(36)56-10/h11,18-21,25-27,30,33,40-42,51-52H,1,12-17,22-24,28-29H2,2-10H3,(H,48,53)/t30-,33+,40-,41+,42+,47+/m0/s1. The van der Waals surface area contributed by atoms with Crippen LogP contribution in [-0.4, -0.2) is 98.1 Å². The molecular weight excluding hydrogens is 783 g/mol. The average molecular weight is 850 g/mol. The molecule has 1 saturated carbocycles. The molecule has 14 nitrogen and oxygen atoms in total. The number of likely N-dealkylation sites (N-methyl/N-ethyl adjacent to an activating group) is 1. The van der Waals surface area contributed by atoms with Gasteiger partial charge in [0.15, 0.2) is 0 Å². The van der Waals surface area contributed by atoms with Crippen LogP contribution >= 0.6 is 0 Å². The summed E-state index contributed by atoms with van der Waals surface area (Å²) in [6, 6.07) is 9.61. The number of aliphatic hydroxyl groups excluding tert-OH is 2. The highest BCUT2D eigenvalue weighted by molar-refractivity contribution is 6.03. The number of rotatable bonds is 18. The van der Waals surface area contributed by atoms with Crippen LogP contribution in [0.25, 0.3) is 0 Å². The van der Waals surface area contributed by atoms with E-state index in [4.69, 9.17) is 38.4 Å². The minimum atomic E-state index is -1.45. The number of allylic oxidation sites excluding steroid dienone is 1. The van der Waals surface area contributed by atoms with Gasteiger partial charge in [-0.25, -0.2) is 9.59 Å². The molecule has 3 N–H and O–H groups in total. The van der Waals surface area contributed by atoms with Crippen molar-refractivity contribution in [1.29, 1.82) is 0 Å². The first-order chi connectivity index (χ1) is 29.0. The van der Waals surface area contributed by atoms with Crippen molar-refractivity contribution in [3.8, 4) is 23.0 Å². The van der Waals surface area contributed by atoms with Crippen molar-refractivity contribution in [3.63, 3.8) is 0 Å². The molecule has 2 aromatic rings. The predicted molar refractivity (Wildman–Crippen MR) is 234 cm³/mol. The van der Waals surface area contributed by atoms with Gasteiger partial charge in [-0.05, 0) is 99.6 Å². The second-order valence-electron chi connectivity index (χ2n) is 18.3. The molecule has 2 aromatic carbocycles. The maximum absolute atomic E-state index is 14.1. The van der Waals surface area contributed by atoms with Crippen LogP contribution in [0.4, 0.5) is 15.3 Å². The molecule has 0 aromatic heterocycles. The third-order valence-electron chi connectivity index (χ3n) is 11.3. The van der Waals surface area contributed by atoms with Gasteiger partial charge in [0.25, 0.3) is 0 Å². The van der Waals surface area contributed by atoms with E-state index in [0.717, 1.165) is 36.8 Å². The molecule has 0 saturated heterocycles. The molecular formula is C47H67N3O11. The lowest BCUT2D eigenvalue weighted by Crippen LogP contribution is -2.69. The van der Waals surface area contributed by atoms with Gasteiger partial charge in [0.2, 0.25) is 5.79 Å². The third kappa shape index (κ3) is 11.4. The average Bonchev–Trinajstić information content (AvgIpc) is 3.21. The molecule has 1 fully saturated rings. The Kier molecular flexibility index (Phi) is 15.8. The molecule has 2 aliphatic carbocycles. The molecule has 0 spiro atoms. The van der Waals surface area contributed by atoms with Crippen LogP contribution in [0.3, 0.4) is 0 Å². The molecule has 0 radical (unpaired) electrons. The minimum Gasteiger partial charge on any atom is -0.497 e. The van der Waals surface area contributed by atoms with E-state index >= 15 is 0 Å². The zero-order valence-corrected chi connectivity index (χ0v) is 37.5. The summed E-state index contributed by atoms with van der Waals surface area (Å²) in [5.74, 6) is -0.547. The second-order valence-corrected chi connectivity index (χ2v) is 18.3. The van der Waals surface area contributed by atoms with Gasteiger partial charge in [0.05, 0.1) is 44.8 Å². The summed E-state index contributed by atoms with van der Waals surface area (Å²) in [4.78, 5) is 35.3. The number of nitrogens with one attached hydrogen (secondary N) is 1. The van der Waals surface area contributed by atoms with Crippen molar-refractivity contribution in [2.75, 3.05) is 53.0 Å². The smallest absolute Gasteiger partial charge is 0.417 e. The normalized spacial score (nSPS) is 23.7. The fraction of sp³-hybridized carbons (Fsp3) is 0.596. The van der Waals surface area contributed by atoms with Gasteiger partial charge in [0, 0.05) is 44.2 Å². The highest BCUT2D eigenvalue weighted by Crippen LogP contribution is 2.62. The van der Waals surface area contributed by atoms with E-state index in [2.05, 4.69) is 18.0 Å². The SMILES string of the molecule is C=CCO[C@@]12Oc3ccc(OC(=O)Nc4ccc(OC)cc4OC)cc3[C@H]3[C@H](CCCCO)[C@@H](CCCCO)C=C(C(=NOC(C)(C)C)C[C@@H]1N(C)C(=O)OCC(C)(C)C)[C@H]32. The number of hydrogen-bond acceptors (Lipinski definition) is 12. The number of hydrogen-bond donors (Lipinski definition) is 3. The van der Waals surface area contributed by atoms with E-state index in [-0.39, 0.29) is 61.8 Å². The highest BCUT2D eigenvalue weighted by Gasteiger charge is 2.65. The maximum atomic E-state index is 14.1. The summed E-state index contributed by atoms with van der Waals surface area (Å²) in [5, 5.41) is 27.4. The predicted octanol–water partition coefficient (Wildman–Crippen LogP) is 8.86. The van der Waals surface area contributed by atoms with Gasteiger partial charge in [-0.3, -0.25) is 5.32 Å². The van der Waals surface area contributed by atoms with Crippen LogP contribution in [0.5, 0.6) is 23.0 Å². The Balaban J connectivity index is 1.70. The number of methoxy groups -OCH3 is 2. The number of unbranched alkanes of at least 4 members (excludes halogenated alkanes) is 2. The molecule has 1 heterocycles. The van der Waals surface area contributed by atoms with E-state index in [1.807, 2.05) is 47.6 Å². The maximum Gasteiger partial charge on any atom is 0.417 e. The van der Waals surface area contributed by atoms with E-state index in [1.165, 1.54) is 7.11 Å². The zero-order chi connectivity index (χ0) is 44.5. The molecule has 3 aliphatic rings. The van der Waals surface area contributed by atoms with Crippen molar-refractivity contribution in [3.05, 3.63) is 66.3 Å². The molecule has 336 valence electrons. The quantitative estimate of drug-likeness (QED) is 0.0745. The lowest BCUT2D eigenvalue weighted by atomic mass is 9.55. The number of nitrogens with zero attached hydrogens (tertiary/aromatic N) is 2. The summed E-state index contributed by atoms with van der Waals surface area (Å²) in [6.45, 7) is 16.2. The van der Waals surface area contributed by atoms with Crippen LogP contribution < -0.4 is 24.3 Å². The van der Waals surface area contributed by atoms with Gasteiger partial charge in [-0.2, -0.15) is 0 Å². The molecule has 5 rings (SSSR count). The Bertz CT molecular complexity index is 1900. The first-order valence-corrected chi connectivity index (χ1v) is 21.4. The summed E-state index contributed by atoms with van der Waals surface area (Å²) < 4.78 is 36.8. The van der Waals surface area contributed by atoms with Crippen molar-refractivity contribution >= 4 is 23.6 Å². The summed E-state index contributed by atoms with van der Waals surface area (Å²) in [6.07, 6.45) is 7.24. The fourth-order valence-electron chi connectivity index (χ4n) is 8.63. The largest absolute Gasteiger partial charge is 0.497 e. The lowest BCUT2D eigenvalue weighted by molar-refractivity contribution is -0.254. The molecule has 0 bridgehead atoms. The Labute approximate surface area is 361 Å². The third-order valence-corrected chi connectivity index (χ3v) is 11.3. The highest BCUT2D eigenvalue weighted by atomic mass is 16.7. The summed E-state index contributed by atoms with van der Waals surface area (Å²) >= 11 is 0. The molecule has 1 aliphatic heterocycles. The number of amides is 2. The Hall–Kier alpha value is -4.79. The molecule has 2 amide bonds. The van der Waals surface area contributed by atoms with Crippen LogP contribution in [0, 0.1) is 23.2 Å². The van der Waals surface area contributed by atoms with E-state index in [1.54, 1.807) is 55.5 Å². The summed E-state index contributed by atoms with van der Waals surface area (Å²) in [5.41, 5.74) is 1.86. The number of ether oxygens (including phenoxy) is 6. The summed E-state index contributed by atoms with van der Waals surface area (Å²) in [7, 11) is 4.75. The zero-order valence-electron chi connectivity index (χ0n) is 37.5. The number of oxime groups is 1. The first-order valence-electron chi connectivity index (χ1n) is 21.4. The van der Waals surface area contributed by atoms with Crippen molar-refractivity contribution < 1.29 is 53.1 Å². The minimum absolute atomic E-state index is 0.0193. The van der Waals surface area contributed by atoms with Crippen LogP contribution in [0.15, 0.2) is 65.9 Å². The van der Waals surface area contributed by atoms with E-state index < -0.39 is 35.5 Å². The van der Waals surface area contributed by atoms with Crippen LogP contribution in [0.2, 0.25) is 0 Å². The lowest BCUT2D eigenvalue weighted by Gasteiger charge is -2.59. The van der Waals surface area contributed by atoms with Crippen molar-refractivity contribution in [1.82, 2.24) is 4.90 Å². The Morgan fingerprint density at radius 2 is 1.69 bits per heavy atom. The van der Waals surface area contributed by atoms with Gasteiger partial charge in [-0.1, -0.05) is 50.9 Å². The number of carbonyl (C=O) groups is 2. The van der Waals surface area contributed by atoms with Crippen LogP contribution in [0.1, 0.15) is 98.0 Å². The van der Waals surface area contributed by atoms with Gasteiger partial charge in [-0.15, -0.1) is 6.58 Å². The number of aliphatic hydroxyl groups is 2. The first kappa shape index (κ1) is 47.3. The Morgan fingerprint density at radius 1 is 0.984 bits per heavy atom. The topological polar surface area (TPSA) is 167 Å². The van der Waals surface area contributed by atoms with Crippen molar-refractivity contribution in [2.45, 2.75) is 110 Å². The van der Waals surface area contributed by atoms with E-state index in [9.17, 15) is 19.8 Å². The molecule has 6 atom stereocenters. The monoisotopic (exact) mass is 849 g/mol. The molecule has 61 heavy (non-hydrogen) atoms. The van der Waals surface area contributed by atoms with Crippen LogP contribution in [-0.2, 0) is 14.3 Å². The second kappa shape index (κ2) is 20.4. The molecule has 14 heteroatoms. The fourth-order valence-corrected chi connectivity index (χ4v) is 8.63. The van der Waals surface area contributed by atoms with Gasteiger partial charge in [0.1, 0.15) is 34.6 Å². The Morgan fingerprint density at radius 3 is 2.33 bits per heavy atom. The van der Waals surface area contributed by atoms with Gasteiger partial charge >= 0.3 is 12.2 Å². The number of benzene rings is 2. The number of fused-ring (bicyclic) bond motifs is 2. The van der Waals surface area contributed by atoms with E-state index in [0.29, 0.717) is 41.5 Å².